The first-order chi connectivity index (χ1) is 9.89. The van der Waals surface area contributed by atoms with E-state index in [-0.39, 0.29) is 5.91 Å². The van der Waals surface area contributed by atoms with Crippen LogP contribution in [0.2, 0.25) is 58.9 Å². The molecule has 0 saturated heterocycles. The van der Waals surface area contributed by atoms with Crippen LogP contribution in [0, 0.1) is 0 Å². The number of carbonyl (C=O) groups excluding carboxylic acids is 1. The maximum Gasteiger partial charge on any atom is 0.604 e. The van der Waals surface area contributed by atoms with Crippen LogP contribution in [-0.4, -0.2) is 51.4 Å². The Bertz CT molecular complexity index is 408. The Kier molecular flexibility index (Phi) is 7.45. The Morgan fingerprint density at radius 2 is 1.04 bits per heavy atom. The first-order valence-electron chi connectivity index (χ1n) is 7.93. The third kappa shape index (κ3) is 8.56. The Hall–Kier alpha value is -0.0425. The molecule has 0 spiro atoms. The Balaban J connectivity index is 6.11. The van der Waals surface area contributed by atoms with Gasteiger partial charge in [0.05, 0.1) is 0 Å². The van der Waals surface area contributed by atoms with Crippen LogP contribution in [-0.2, 0) is 17.1 Å². The molecule has 0 N–H and O–H groups in total. The van der Waals surface area contributed by atoms with Crippen molar-refractivity contribution >= 4 is 39.8 Å². The highest BCUT2D eigenvalue weighted by atomic mass is 28.5. The number of amides is 1. The molecule has 0 radical (unpaired) electrons. The Morgan fingerprint density at radius 1 is 0.783 bits per heavy atom. The molecule has 0 fully saturated rings. The smallest absolute Gasteiger partial charge is 0.400 e. The maximum atomic E-state index is 12.6. The van der Waals surface area contributed by atoms with Gasteiger partial charge in [0, 0.05) is 12.6 Å². The van der Waals surface area contributed by atoms with Crippen LogP contribution in [0.5, 0.6) is 0 Å². The van der Waals surface area contributed by atoms with Gasteiger partial charge in [-0.2, -0.15) is 0 Å². The predicted octanol–water partition coefficient (Wildman–Crippen LogP) is 4.01. The fourth-order valence-electron chi connectivity index (χ4n) is 1.84. The first-order valence-corrected chi connectivity index (χ1v) is 19.8. The molecule has 0 aromatic rings. The second-order valence-corrected chi connectivity index (χ2v) is 25.7. The van der Waals surface area contributed by atoms with Gasteiger partial charge >= 0.3 is 8.97 Å². The third-order valence-corrected chi connectivity index (χ3v) is 13.9. The highest BCUT2D eigenvalue weighted by molar-refractivity contribution is 6.89. The maximum absolute atomic E-state index is 12.6. The molecule has 0 aliphatic carbocycles. The molecule has 0 bridgehead atoms. The van der Waals surface area contributed by atoms with Crippen molar-refractivity contribution in [1.82, 2.24) is 4.57 Å². The zero-order valence-electron chi connectivity index (χ0n) is 16.8. The fraction of sp³-hybridized carbons (Fsp3) is 0.786. The lowest BCUT2D eigenvalue weighted by Gasteiger charge is -2.45. The number of rotatable bonds is 8. The molecule has 1 amide bonds. The summed E-state index contributed by atoms with van der Waals surface area (Å²) >= 11 is 0. The van der Waals surface area contributed by atoms with Crippen molar-refractivity contribution < 1.29 is 17.1 Å². The number of carbonyl (C=O) groups is 1. The molecular weight excluding hydrogens is 359 g/mol. The van der Waals surface area contributed by atoms with Crippen LogP contribution in [0.1, 0.15) is 6.92 Å². The summed E-state index contributed by atoms with van der Waals surface area (Å²) in [5.41, 5.74) is 0.460. The van der Waals surface area contributed by atoms with Crippen molar-refractivity contribution in [3.63, 3.8) is 0 Å². The van der Waals surface area contributed by atoms with Gasteiger partial charge in [-0.25, -0.2) is 0 Å². The quantitative estimate of drug-likeness (QED) is 0.462. The first kappa shape index (κ1) is 23.0. The van der Waals surface area contributed by atoms with Crippen molar-refractivity contribution in [2.24, 2.45) is 0 Å². The van der Waals surface area contributed by atoms with Gasteiger partial charge in [-0.1, -0.05) is 6.58 Å². The summed E-state index contributed by atoms with van der Waals surface area (Å²) in [5, 5.41) is 0. The zero-order chi connectivity index (χ0) is 18.9. The van der Waals surface area contributed by atoms with Gasteiger partial charge in [0.15, 0.2) is 25.0 Å². The van der Waals surface area contributed by atoms with Crippen LogP contribution >= 0.6 is 0 Å². The molecule has 0 atom stereocenters. The molecule has 0 aromatic carbocycles. The highest BCUT2D eigenvalue weighted by Crippen LogP contribution is 2.28. The summed E-state index contributed by atoms with van der Waals surface area (Å²) in [5.74, 6) is -0.175. The lowest BCUT2D eigenvalue weighted by Crippen LogP contribution is -2.70. The molecule has 0 unspecified atom stereocenters. The van der Waals surface area contributed by atoms with Crippen LogP contribution in [0.15, 0.2) is 12.2 Å². The summed E-state index contributed by atoms with van der Waals surface area (Å²) in [4.78, 5) is 12.6. The average molecular weight is 394 g/mol. The largest absolute Gasteiger partial charge is 0.604 e. The average Bonchev–Trinajstić information content (AvgIpc) is 2.18. The summed E-state index contributed by atoms with van der Waals surface area (Å²) in [6.45, 7) is 24.3. The monoisotopic (exact) mass is 393 g/mol. The van der Waals surface area contributed by atoms with E-state index in [0.717, 1.165) is 0 Å². The van der Waals surface area contributed by atoms with Crippen molar-refractivity contribution in [2.75, 3.05) is 7.05 Å². The van der Waals surface area contributed by atoms with E-state index in [2.05, 4.69) is 65.5 Å². The molecule has 9 heteroatoms. The Labute approximate surface area is 146 Å². The van der Waals surface area contributed by atoms with E-state index >= 15 is 0 Å². The predicted molar refractivity (Wildman–Crippen MR) is 107 cm³/mol. The van der Waals surface area contributed by atoms with Gasteiger partial charge in [0.2, 0.25) is 5.91 Å². The lowest BCUT2D eigenvalue weighted by atomic mass is 10.3. The van der Waals surface area contributed by atoms with Crippen molar-refractivity contribution in [2.45, 2.75) is 65.8 Å². The molecule has 0 heterocycles. The van der Waals surface area contributed by atoms with Crippen molar-refractivity contribution in [1.29, 1.82) is 0 Å². The van der Waals surface area contributed by atoms with Gasteiger partial charge in [-0.3, -0.25) is 4.79 Å². The zero-order valence-corrected chi connectivity index (χ0v) is 20.8. The molecule has 0 saturated carbocycles. The molecule has 0 rings (SSSR count). The lowest BCUT2D eigenvalue weighted by molar-refractivity contribution is -0.124. The number of hydrogen-bond acceptors (Lipinski definition) is 4. The van der Waals surface area contributed by atoms with Gasteiger partial charge in [0.25, 0.3) is 0 Å². The summed E-state index contributed by atoms with van der Waals surface area (Å²) in [7, 11) is -7.61. The second kappa shape index (κ2) is 7.46. The molecule has 0 aromatic heterocycles. The fourth-order valence-corrected chi connectivity index (χ4v) is 14.8. The van der Waals surface area contributed by atoms with Crippen LogP contribution in [0.4, 0.5) is 0 Å². The van der Waals surface area contributed by atoms with Crippen molar-refractivity contribution in [3.05, 3.63) is 12.2 Å². The van der Waals surface area contributed by atoms with E-state index in [4.69, 9.17) is 12.3 Å². The summed E-state index contributed by atoms with van der Waals surface area (Å²) in [6, 6.07) is 0. The standard InChI is InChI=1S/C14H35NO4Si4/c1-13(2)14(16)15(3)23(17-20(4,5)6,18-21(7,8)9)19-22(10,11)12/h1H2,2-12H3. The van der Waals surface area contributed by atoms with E-state index in [0.29, 0.717) is 5.57 Å². The van der Waals surface area contributed by atoms with E-state index in [1.165, 1.54) is 0 Å². The van der Waals surface area contributed by atoms with Gasteiger partial charge in [-0.05, 0) is 65.8 Å². The minimum Gasteiger partial charge on any atom is -0.400 e. The minimum atomic E-state index is -3.32. The number of likely N-dealkylation sites (N-methyl/N-ethyl adjacent to an activating group) is 1. The van der Waals surface area contributed by atoms with Crippen molar-refractivity contribution in [3.8, 4) is 0 Å². The molecule has 136 valence electrons. The summed E-state index contributed by atoms with van der Waals surface area (Å²) < 4.78 is 21.0. The normalized spacial score (nSPS) is 13.9. The number of nitrogens with zero attached hydrogens (tertiary/aromatic N) is 1. The topological polar surface area (TPSA) is 48.0 Å². The summed E-state index contributed by atoms with van der Waals surface area (Å²) in [6.07, 6.45) is 0. The van der Waals surface area contributed by atoms with Crippen LogP contribution < -0.4 is 0 Å². The minimum absolute atomic E-state index is 0.175. The highest BCUT2D eigenvalue weighted by Gasteiger charge is 2.56. The Morgan fingerprint density at radius 3 is 1.22 bits per heavy atom. The third-order valence-electron chi connectivity index (χ3n) is 2.39. The molecule has 5 nitrogen and oxygen atoms in total. The van der Waals surface area contributed by atoms with E-state index in [1.54, 1.807) is 18.5 Å². The molecule has 0 aliphatic rings. The second-order valence-electron chi connectivity index (χ2n) is 8.81. The van der Waals surface area contributed by atoms with Gasteiger partial charge in [-0.15, -0.1) is 0 Å². The SMILES string of the molecule is C=C(C)C(=O)N(C)[Si](O[Si](C)(C)C)(O[Si](C)(C)C)O[Si](C)(C)C. The van der Waals surface area contributed by atoms with Gasteiger partial charge in [0.1, 0.15) is 0 Å². The van der Waals surface area contributed by atoms with E-state index in [9.17, 15) is 4.79 Å². The van der Waals surface area contributed by atoms with Crippen LogP contribution in [0.3, 0.4) is 0 Å². The molecule has 0 aliphatic heterocycles. The van der Waals surface area contributed by atoms with Crippen LogP contribution in [0.25, 0.3) is 0 Å². The number of hydrogen-bond donors (Lipinski definition) is 0. The van der Waals surface area contributed by atoms with E-state index < -0.39 is 33.9 Å². The molecule has 23 heavy (non-hydrogen) atoms. The molecular formula is C14H35NO4Si4. The van der Waals surface area contributed by atoms with Gasteiger partial charge < -0.3 is 16.9 Å². The van der Waals surface area contributed by atoms with E-state index in [1.807, 2.05) is 0 Å².